The number of nitrogens with zero attached hydrogens (tertiary/aromatic N) is 1. The Balaban J connectivity index is 0.00000341. The normalized spacial score (nSPS) is 15.7. The summed E-state index contributed by atoms with van der Waals surface area (Å²) in [7, 11) is 0. The van der Waals surface area contributed by atoms with Gasteiger partial charge >= 0.3 is 0 Å². The molecule has 3 rings (SSSR count). The summed E-state index contributed by atoms with van der Waals surface area (Å²) in [5, 5.41) is 2.91. The zero-order valence-electron chi connectivity index (χ0n) is 16.8. The highest BCUT2D eigenvalue weighted by Gasteiger charge is 2.31. The van der Waals surface area contributed by atoms with Gasteiger partial charge in [0, 0.05) is 27.8 Å². The van der Waals surface area contributed by atoms with E-state index in [9.17, 15) is 18.4 Å². The lowest BCUT2D eigenvalue weighted by molar-refractivity contribution is -0.119. The van der Waals surface area contributed by atoms with Gasteiger partial charge in [-0.25, -0.2) is 8.78 Å². The molecule has 0 saturated carbocycles. The number of carbonyl (C=O) groups excluding carboxylic acids is 2. The second kappa shape index (κ2) is 11.1. The van der Waals surface area contributed by atoms with Crippen LogP contribution >= 0.6 is 35.8 Å². The summed E-state index contributed by atoms with van der Waals surface area (Å²) in [6.07, 6.45) is 1.65. The van der Waals surface area contributed by atoms with Gasteiger partial charge in [0.2, 0.25) is 5.91 Å². The van der Waals surface area contributed by atoms with Crippen LogP contribution in [-0.2, 0) is 11.3 Å². The highest BCUT2D eigenvalue weighted by Crippen LogP contribution is 2.37. The van der Waals surface area contributed by atoms with E-state index < -0.39 is 29.5 Å². The van der Waals surface area contributed by atoms with Crippen LogP contribution in [0.5, 0.6) is 0 Å². The van der Waals surface area contributed by atoms with Gasteiger partial charge in [-0.05, 0) is 30.7 Å². The number of amides is 2. The molecule has 0 bridgehead atoms. The Hall–Kier alpha value is -1.87. The third kappa shape index (κ3) is 5.88. The number of thioether (sulfide) groups is 1. The first kappa shape index (κ1) is 25.4. The zero-order chi connectivity index (χ0) is 21.8. The predicted molar refractivity (Wildman–Crippen MR) is 122 cm³/mol. The third-order valence-corrected chi connectivity index (χ3v) is 6.14. The van der Waals surface area contributed by atoms with Crippen molar-refractivity contribution in [3.8, 4) is 0 Å². The lowest BCUT2D eigenvalue weighted by atomic mass is 10.1. The second-order valence-corrected chi connectivity index (χ2v) is 8.49. The van der Waals surface area contributed by atoms with E-state index in [0.29, 0.717) is 17.1 Å². The fourth-order valence-electron chi connectivity index (χ4n) is 3.07. The van der Waals surface area contributed by atoms with Crippen LogP contribution in [0.4, 0.5) is 14.5 Å². The number of hydrogen-bond acceptors (Lipinski definition) is 4. The van der Waals surface area contributed by atoms with Crippen molar-refractivity contribution >= 4 is 53.3 Å². The Morgan fingerprint density at radius 2 is 2.03 bits per heavy atom. The molecule has 1 atom stereocenters. The molecule has 31 heavy (non-hydrogen) atoms. The number of fused-ring (bicyclic) bond motifs is 1. The van der Waals surface area contributed by atoms with Crippen LogP contribution in [0.15, 0.2) is 35.2 Å². The highest BCUT2D eigenvalue weighted by molar-refractivity contribution is 7.99. The SMILES string of the molecule is CCCCNC(=O)c1cc2c(cc1F)SC[C@H](N)C(=O)N2Cc1ccc(Cl)cc1F.Cl. The number of nitrogens with two attached hydrogens (primary N) is 1. The molecule has 1 aliphatic heterocycles. The molecule has 168 valence electrons. The first-order chi connectivity index (χ1) is 14.3. The van der Waals surface area contributed by atoms with Crippen LogP contribution in [0.3, 0.4) is 0 Å². The van der Waals surface area contributed by atoms with Crippen molar-refractivity contribution in [2.75, 3.05) is 17.2 Å². The number of benzene rings is 2. The Morgan fingerprint density at radius 1 is 1.29 bits per heavy atom. The van der Waals surface area contributed by atoms with E-state index in [1.165, 1.54) is 40.9 Å². The molecule has 1 heterocycles. The molecule has 0 unspecified atom stereocenters. The van der Waals surface area contributed by atoms with Crippen LogP contribution in [0.2, 0.25) is 5.02 Å². The molecule has 0 aromatic heterocycles. The minimum atomic E-state index is -0.845. The van der Waals surface area contributed by atoms with Gasteiger partial charge in [0.1, 0.15) is 11.6 Å². The van der Waals surface area contributed by atoms with Crippen molar-refractivity contribution in [1.82, 2.24) is 5.32 Å². The van der Waals surface area contributed by atoms with Crippen molar-refractivity contribution in [3.63, 3.8) is 0 Å². The molecular formula is C21H23Cl2F2N3O2S. The molecule has 2 aromatic carbocycles. The van der Waals surface area contributed by atoms with Crippen LogP contribution in [0.25, 0.3) is 0 Å². The summed E-state index contributed by atoms with van der Waals surface area (Å²) in [6.45, 7) is 2.28. The minimum Gasteiger partial charge on any atom is -0.352 e. The highest BCUT2D eigenvalue weighted by atomic mass is 35.5. The maximum Gasteiger partial charge on any atom is 0.254 e. The third-order valence-electron chi connectivity index (χ3n) is 4.75. The van der Waals surface area contributed by atoms with E-state index in [-0.39, 0.29) is 40.9 Å². The Labute approximate surface area is 195 Å². The van der Waals surface area contributed by atoms with E-state index in [1.807, 2.05) is 6.92 Å². The average Bonchev–Trinajstić information content (AvgIpc) is 2.81. The van der Waals surface area contributed by atoms with Crippen LogP contribution in [0.1, 0.15) is 35.7 Å². The number of carbonyl (C=O) groups is 2. The predicted octanol–water partition coefficient (Wildman–Crippen LogP) is 4.54. The monoisotopic (exact) mass is 489 g/mol. The van der Waals surface area contributed by atoms with E-state index in [2.05, 4.69) is 5.32 Å². The van der Waals surface area contributed by atoms with E-state index in [0.717, 1.165) is 18.9 Å². The molecule has 2 aromatic rings. The first-order valence-electron chi connectivity index (χ1n) is 9.57. The van der Waals surface area contributed by atoms with E-state index in [1.54, 1.807) is 0 Å². The van der Waals surface area contributed by atoms with Crippen LogP contribution in [-0.4, -0.2) is 30.2 Å². The molecule has 1 aliphatic rings. The van der Waals surface area contributed by atoms with Gasteiger partial charge in [0.25, 0.3) is 5.91 Å². The van der Waals surface area contributed by atoms with Crippen molar-refractivity contribution in [2.24, 2.45) is 5.73 Å². The van der Waals surface area contributed by atoms with E-state index in [4.69, 9.17) is 17.3 Å². The van der Waals surface area contributed by atoms with Crippen LogP contribution < -0.4 is 16.0 Å². The van der Waals surface area contributed by atoms with Crippen molar-refractivity contribution in [2.45, 2.75) is 37.2 Å². The van der Waals surface area contributed by atoms with Gasteiger partial charge < -0.3 is 16.0 Å². The quantitative estimate of drug-likeness (QED) is 0.584. The van der Waals surface area contributed by atoms with Crippen molar-refractivity contribution in [1.29, 1.82) is 0 Å². The Kier molecular flexibility index (Phi) is 9.12. The molecule has 3 N–H and O–H groups in total. The van der Waals surface area contributed by atoms with Gasteiger partial charge in [0.05, 0.1) is 23.8 Å². The summed E-state index contributed by atoms with van der Waals surface area (Å²) >= 11 is 7.04. The molecule has 0 saturated heterocycles. The molecule has 5 nitrogen and oxygen atoms in total. The number of rotatable bonds is 6. The minimum absolute atomic E-state index is 0. The number of anilines is 1. The number of unbranched alkanes of at least 4 members (excludes halogenated alkanes) is 1. The Bertz CT molecular complexity index is 978. The van der Waals surface area contributed by atoms with Crippen molar-refractivity contribution in [3.05, 3.63) is 58.1 Å². The summed E-state index contributed by atoms with van der Waals surface area (Å²) in [4.78, 5) is 27.1. The van der Waals surface area contributed by atoms with Crippen molar-refractivity contribution < 1.29 is 18.4 Å². The van der Waals surface area contributed by atoms with Gasteiger partial charge in [-0.3, -0.25) is 9.59 Å². The molecule has 0 fully saturated rings. The molecule has 2 amide bonds. The summed E-state index contributed by atoms with van der Waals surface area (Å²) < 4.78 is 29.0. The van der Waals surface area contributed by atoms with Crippen LogP contribution in [0, 0.1) is 11.6 Å². The summed E-state index contributed by atoms with van der Waals surface area (Å²) in [6, 6.07) is 5.88. The molecular weight excluding hydrogens is 467 g/mol. The van der Waals surface area contributed by atoms with E-state index >= 15 is 0 Å². The smallest absolute Gasteiger partial charge is 0.254 e. The summed E-state index contributed by atoms with van der Waals surface area (Å²) in [5.41, 5.74) is 6.37. The number of hydrogen-bond donors (Lipinski definition) is 2. The maximum absolute atomic E-state index is 14.6. The fourth-order valence-corrected chi connectivity index (χ4v) is 4.24. The molecule has 0 aliphatic carbocycles. The average molecular weight is 490 g/mol. The lowest BCUT2D eigenvalue weighted by Crippen LogP contribution is -2.44. The topological polar surface area (TPSA) is 75.4 Å². The second-order valence-electron chi connectivity index (χ2n) is 6.99. The summed E-state index contributed by atoms with van der Waals surface area (Å²) in [5.74, 6) is -2.00. The lowest BCUT2D eigenvalue weighted by Gasteiger charge is -2.25. The first-order valence-corrected chi connectivity index (χ1v) is 10.9. The van der Waals surface area contributed by atoms with Gasteiger partial charge in [0.15, 0.2) is 0 Å². The largest absolute Gasteiger partial charge is 0.352 e. The standard InChI is InChI=1S/C21H22ClF2N3O2S.ClH/c1-2-3-6-26-20(28)14-8-18-19(9-16(14)24)30-11-17(25)21(29)27(18)10-12-4-5-13(22)7-15(12)23;/h4-5,7-9,17H,2-3,6,10-11,25H2,1H3,(H,26,28);1H/t17-;/m0./s1. The fraction of sp³-hybridized carbons (Fsp3) is 0.333. The van der Waals surface area contributed by atoms with Gasteiger partial charge in [-0.15, -0.1) is 24.2 Å². The Morgan fingerprint density at radius 3 is 2.71 bits per heavy atom. The molecule has 0 spiro atoms. The molecule has 10 heteroatoms. The molecule has 0 radical (unpaired) electrons. The number of halogens is 4. The zero-order valence-corrected chi connectivity index (χ0v) is 19.2. The van der Waals surface area contributed by atoms with Gasteiger partial charge in [-0.1, -0.05) is 31.0 Å². The van der Waals surface area contributed by atoms with Gasteiger partial charge in [-0.2, -0.15) is 0 Å². The maximum atomic E-state index is 14.6. The number of nitrogens with one attached hydrogen (secondary N) is 1.